The van der Waals surface area contributed by atoms with Gasteiger partial charge in [-0.15, -0.1) is 11.3 Å². The number of carbonyl (C=O) groups is 2. The second kappa shape index (κ2) is 5.49. The van der Waals surface area contributed by atoms with Crippen LogP contribution in [0.4, 0.5) is 5.69 Å². The second-order valence-electron chi connectivity index (χ2n) is 4.99. The topological polar surface area (TPSA) is 81.4 Å². The van der Waals surface area contributed by atoms with Gasteiger partial charge in [0.25, 0.3) is 0 Å². The maximum absolute atomic E-state index is 11.9. The molecule has 0 spiro atoms. The number of esters is 1. The molecule has 0 radical (unpaired) electrons. The van der Waals surface area contributed by atoms with E-state index < -0.39 is 12.0 Å². The van der Waals surface area contributed by atoms with Crippen molar-refractivity contribution in [2.75, 3.05) is 12.4 Å². The molecule has 1 aromatic heterocycles. The van der Waals surface area contributed by atoms with Crippen molar-refractivity contribution < 1.29 is 14.3 Å². The van der Waals surface area contributed by atoms with Crippen LogP contribution in [0.1, 0.15) is 30.4 Å². The average molecular weight is 270 g/mol. The lowest BCUT2D eigenvalue weighted by Gasteiger charge is -2.25. The first-order valence-electron chi connectivity index (χ1n) is 5.49. The smallest absolute Gasteiger partial charge is 0.350 e. The fourth-order valence-electron chi connectivity index (χ4n) is 1.26. The number of rotatable bonds is 3. The number of amides is 1. The fraction of sp³-hybridized carbons (Fsp3) is 0.500. The summed E-state index contributed by atoms with van der Waals surface area (Å²) in [6.45, 7) is 5.64. The Kier molecular flexibility index (Phi) is 4.48. The van der Waals surface area contributed by atoms with Crippen LogP contribution in [0.25, 0.3) is 0 Å². The molecule has 0 fully saturated rings. The third kappa shape index (κ3) is 3.30. The summed E-state index contributed by atoms with van der Waals surface area (Å²) >= 11 is 1.21. The van der Waals surface area contributed by atoms with E-state index in [2.05, 4.69) is 10.1 Å². The van der Waals surface area contributed by atoms with Gasteiger partial charge in [0, 0.05) is 0 Å². The van der Waals surface area contributed by atoms with Gasteiger partial charge in [-0.25, -0.2) is 4.79 Å². The highest BCUT2D eigenvalue weighted by atomic mass is 32.1. The van der Waals surface area contributed by atoms with Crippen LogP contribution < -0.4 is 11.1 Å². The molecular formula is C12H18N2O3S. The van der Waals surface area contributed by atoms with Gasteiger partial charge in [0.15, 0.2) is 0 Å². The molecule has 0 aromatic carbocycles. The number of methoxy groups -OCH3 is 1. The van der Waals surface area contributed by atoms with Crippen molar-refractivity contribution in [3.63, 3.8) is 0 Å². The summed E-state index contributed by atoms with van der Waals surface area (Å²) in [5.74, 6) is -0.782. The number of hydrogen-bond acceptors (Lipinski definition) is 5. The Labute approximate surface area is 110 Å². The maximum Gasteiger partial charge on any atom is 0.350 e. The molecule has 1 amide bonds. The maximum atomic E-state index is 11.9. The summed E-state index contributed by atoms with van der Waals surface area (Å²) in [6.07, 6.45) is 0. The Bertz CT molecular complexity index is 448. The van der Waals surface area contributed by atoms with E-state index in [-0.39, 0.29) is 11.3 Å². The van der Waals surface area contributed by atoms with Gasteiger partial charge in [0.05, 0.1) is 18.8 Å². The summed E-state index contributed by atoms with van der Waals surface area (Å²) in [6, 6.07) is 1.01. The van der Waals surface area contributed by atoms with Gasteiger partial charge in [0.1, 0.15) is 4.88 Å². The van der Waals surface area contributed by atoms with Crippen LogP contribution in [0.2, 0.25) is 0 Å². The van der Waals surface area contributed by atoms with Crippen LogP contribution in [0.5, 0.6) is 0 Å². The number of nitrogens with one attached hydrogen (secondary N) is 1. The van der Waals surface area contributed by atoms with E-state index in [1.165, 1.54) is 18.4 Å². The monoisotopic (exact) mass is 270 g/mol. The molecule has 1 heterocycles. The number of carbonyl (C=O) groups excluding carboxylic acids is 2. The van der Waals surface area contributed by atoms with Crippen LogP contribution in [-0.4, -0.2) is 25.0 Å². The van der Waals surface area contributed by atoms with Gasteiger partial charge in [-0.1, -0.05) is 20.8 Å². The largest absolute Gasteiger partial charge is 0.465 e. The Morgan fingerprint density at radius 2 is 2.06 bits per heavy atom. The van der Waals surface area contributed by atoms with E-state index in [0.29, 0.717) is 10.6 Å². The van der Waals surface area contributed by atoms with E-state index >= 15 is 0 Å². The quantitative estimate of drug-likeness (QED) is 0.821. The molecule has 0 saturated heterocycles. The second-order valence-corrected chi connectivity index (χ2v) is 5.90. The molecule has 6 heteroatoms. The minimum Gasteiger partial charge on any atom is -0.465 e. The zero-order valence-corrected chi connectivity index (χ0v) is 11.8. The minimum absolute atomic E-state index is 0.314. The predicted molar refractivity (Wildman–Crippen MR) is 71.7 cm³/mol. The number of hydrogen-bond donors (Lipinski definition) is 2. The molecule has 1 rings (SSSR count). The molecule has 0 unspecified atom stereocenters. The molecule has 0 aliphatic heterocycles. The molecule has 0 saturated carbocycles. The Morgan fingerprint density at radius 1 is 1.44 bits per heavy atom. The van der Waals surface area contributed by atoms with E-state index in [4.69, 9.17) is 5.73 Å². The van der Waals surface area contributed by atoms with Crippen molar-refractivity contribution in [3.8, 4) is 0 Å². The molecule has 5 nitrogen and oxygen atoms in total. The van der Waals surface area contributed by atoms with E-state index in [1.54, 1.807) is 11.4 Å². The van der Waals surface area contributed by atoms with Gasteiger partial charge >= 0.3 is 5.97 Å². The summed E-state index contributed by atoms with van der Waals surface area (Å²) in [5, 5.41) is 4.37. The molecule has 0 aliphatic rings. The molecule has 0 aliphatic carbocycles. The van der Waals surface area contributed by atoms with Crippen LogP contribution in [0.15, 0.2) is 11.4 Å². The first-order valence-corrected chi connectivity index (χ1v) is 6.37. The van der Waals surface area contributed by atoms with Crippen LogP contribution in [0.3, 0.4) is 0 Å². The first kappa shape index (κ1) is 14.7. The summed E-state index contributed by atoms with van der Waals surface area (Å²) in [7, 11) is 1.30. The number of ether oxygens (including phenoxy) is 1. The zero-order chi connectivity index (χ0) is 13.9. The summed E-state index contributed by atoms with van der Waals surface area (Å²) in [4.78, 5) is 23.8. The third-order valence-corrected chi connectivity index (χ3v) is 3.40. The van der Waals surface area contributed by atoms with E-state index in [9.17, 15) is 9.59 Å². The van der Waals surface area contributed by atoms with Crippen molar-refractivity contribution >= 4 is 28.9 Å². The normalized spacial score (nSPS) is 12.9. The fourth-order valence-corrected chi connectivity index (χ4v) is 2.03. The predicted octanol–water partition coefficient (Wildman–Crippen LogP) is 1.85. The lowest BCUT2D eigenvalue weighted by molar-refractivity contribution is -0.119. The minimum atomic E-state index is -0.650. The third-order valence-electron chi connectivity index (χ3n) is 2.51. The van der Waals surface area contributed by atoms with Gasteiger partial charge in [-0.05, 0) is 16.9 Å². The van der Waals surface area contributed by atoms with Crippen molar-refractivity contribution in [2.45, 2.75) is 26.8 Å². The first-order chi connectivity index (χ1) is 8.27. The highest BCUT2D eigenvalue weighted by molar-refractivity contribution is 7.12. The van der Waals surface area contributed by atoms with Crippen molar-refractivity contribution in [2.24, 2.45) is 11.1 Å². The lowest BCUT2D eigenvalue weighted by Crippen LogP contribution is -2.45. The highest BCUT2D eigenvalue weighted by Gasteiger charge is 2.28. The average Bonchev–Trinajstić information content (AvgIpc) is 2.73. The van der Waals surface area contributed by atoms with E-state index in [0.717, 1.165) is 0 Å². The Balaban J connectivity index is 2.83. The van der Waals surface area contributed by atoms with E-state index in [1.807, 2.05) is 20.8 Å². The Hall–Kier alpha value is -1.40. The summed E-state index contributed by atoms with van der Waals surface area (Å²) in [5.41, 5.74) is 5.94. The van der Waals surface area contributed by atoms with Crippen LogP contribution in [0, 0.1) is 5.41 Å². The molecule has 100 valence electrons. The molecular weight excluding hydrogens is 252 g/mol. The standard InChI is InChI=1S/C12H18N2O3S/c1-12(2,3)9(13)10(15)14-7-5-6-18-8(7)11(16)17-4/h5-6,9H,13H2,1-4H3,(H,14,15)/t9-/m1/s1. The lowest BCUT2D eigenvalue weighted by atomic mass is 9.87. The van der Waals surface area contributed by atoms with Gasteiger partial charge in [-0.3, -0.25) is 4.79 Å². The van der Waals surface area contributed by atoms with Crippen LogP contribution >= 0.6 is 11.3 Å². The van der Waals surface area contributed by atoms with Crippen molar-refractivity contribution in [3.05, 3.63) is 16.3 Å². The van der Waals surface area contributed by atoms with Gasteiger partial charge in [0.2, 0.25) is 5.91 Å². The van der Waals surface area contributed by atoms with Crippen molar-refractivity contribution in [1.29, 1.82) is 0 Å². The number of thiophene rings is 1. The number of nitrogens with two attached hydrogens (primary N) is 1. The Morgan fingerprint density at radius 3 is 2.56 bits per heavy atom. The van der Waals surface area contributed by atoms with Crippen LogP contribution in [-0.2, 0) is 9.53 Å². The molecule has 18 heavy (non-hydrogen) atoms. The molecule has 3 N–H and O–H groups in total. The molecule has 1 atom stereocenters. The molecule has 0 bridgehead atoms. The summed E-state index contributed by atoms with van der Waals surface area (Å²) < 4.78 is 4.63. The van der Waals surface area contributed by atoms with Gasteiger partial charge in [-0.2, -0.15) is 0 Å². The highest BCUT2D eigenvalue weighted by Crippen LogP contribution is 2.25. The number of anilines is 1. The van der Waals surface area contributed by atoms with Crippen molar-refractivity contribution in [1.82, 2.24) is 0 Å². The SMILES string of the molecule is COC(=O)c1sccc1NC(=O)[C@@H](N)C(C)(C)C. The molecule has 1 aromatic rings. The van der Waals surface area contributed by atoms with Gasteiger partial charge < -0.3 is 15.8 Å². The zero-order valence-electron chi connectivity index (χ0n) is 10.9.